The highest BCUT2D eigenvalue weighted by molar-refractivity contribution is 5.98. The summed E-state index contributed by atoms with van der Waals surface area (Å²) in [7, 11) is 0. The fourth-order valence-electron chi connectivity index (χ4n) is 3.42. The molecular weight excluding hydrogens is 276 g/mol. The Morgan fingerprint density at radius 3 is 2.86 bits per heavy atom. The Bertz CT molecular complexity index is 676. The van der Waals surface area contributed by atoms with Crippen LogP contribution in [0.4, 0.5) is 5.69 Å². The number of benzene rings is 1. The molecule has 1 fully saturated rings. The standard InChI is InChI=1S/C17H20N4O/c1-13(19-11-15(12-19)21-9-4-8-18-21)17(22)20-10-7-14-5-2-3-6-16(14)20/h2-6,8-9,13,15H,7,10-12H2,1H3/t13-/m0/s1. The normalized spacial score (nSPS) is 19.8. The van der Waals surface area contributed by atoms with E-state index < -0.39 is 0 Å². The van der Waals surface area contributed by atoms with Crippen LogP contribution in [0.15, 0.2) is 42.7 Å². The molecule has 1 amide bonds. The summed E-state index contributed by atoms with van der Waals surface area (Å²) in [4.78, 5) is 17.0. The van der Waals surface area contributed by atoms with Gasteiger partial charge in [0, 0.05) is 37.7 Å². The van der Waals surface area contributed by atoms with Gasteiger partial charge in [-0.15, -0.1) is 0 Å². The molecule has 1 atom stereocenters. The average molecular weight is 296 g/mol. The first-order valence-corrected chi connectivity index (χ1v) is 7.86. The lowest BCUT2D eigenvalue weighted by molar-refractivity contribution is -0.125. The Hall–Kier alpha value is -2.14. The topological polar surface area (TPSA) is 41.4 Å². The van der Waals surface area contributed by atoms with Gasteiger partial charge in [0.1, 0.15) is 0 Å². The van der Waals surface area contributed by atoms with E-state index in [0.717, 1.165) is 31.7 Å². The molecule has 4 rings (SSSR count). The molecule has 1 aromatic carbocycles. The molecule has 5 nitrogen and oxygen atoms in total. The highest BCUT2D eigenvalue weighted by atomic mass is 16.2. The summed E-state index contributed by atoms with van der Waals surface area (Å²) in [5.74, 6) is 0.212. The van der Waals surface area contributed by atoms with Crippen molar-refractivity contribution in [2.24, 2.45) is 0 Å². The van der Waals surface area contributed by atoms with Crippen LogP contribution in [0, 0.1) is 0 Å². The summed E-state index contributed by atoms with van der Waals surface area (Å²) in [5, 5.41) is 4.28. The van der Waals surface area contributed by atoms with Crippen LogP contribution in [-0.2, 0) is 11.2 Å². The van der Waals surface area contributed by atoms with Crippen molar-refractivity contribution in [3.8, 4) is 0 Å². The lowest BCUT2D eigenvalue weighted by atomic mass is 10.1. The number of hydrogen-bond donors (Lipinski definition) is 0. The maximum atomic E-state index is 12.8. The second-order valence-corrected chi connectivity index (χ2v) is 6.14. The monoisotopic (exact) mass is 296 g/mol. The zero-order chi connectivity index (χ0) is 15.1. The van der Waals surface area contributed by atoms with Gasteiger partial charge in [-0.3, -0.25) is 14.4 Å². The fourth-order valence-corrected chi connectivity index (χ4v) is 3.42. The number of likely N-dealkylation sites (tertiary alicyclic amines) is 1. The largest absolute Gasteiger partial charge is 0.310 e. The van der Waals surface area contributed by atoms with Crippen LogP contribution in [0.25, 0.3) is 0 Å². The van der Waals surface area contributed by atoms with Gasteiger partial charge in [0.2, 0.25) is 5.91 Å². The number of para-hydroxylation sites is 1. The van der Waals surface area contributed by atoms with Crippen LogP contribution in [0.1, 0.15) is 18.5 Å². The Labute approximate surface area is 130 Å². The predicted molar refractivity (Wildman–Crippen MR) is 84.8 cm³/mol. The molecule has 1 aromatic heterocycles. The lowest BCUT2D eigenvalue weighted by Crippen LogP contribution is -2.57. The Kier molecular flexibility index (Phi) is 3.22. The molecule has 0 radical (unpaired) electrons. The third kappa shape index (κ3) is 2.13. The van der Waals surface area contributed by atoms with E-state index in [2.05, 4.69) is 22.1 Å². The molecular formula is C17H20N4O. The van der Waals surface area contributed by atoms with E-state index >= 15 is 0 Å². The summed E-state index contributed by atoms with van der Waals surface area (Å²) in [6.07, 6.45) is 4.76. The summed E-state index contributed by atoms with van der Waals surface area (Å²) < 4.78 is 1.98. The first-order chi connectivity index (χ1) is 10.7. The van der Waals surface area contributed by atoms with Crippen LogP contribution in [0.3, 0.4) is 0 Å². The zero-order valence-corrected chi connectivity index (χ0v) is 12.7. The summed E-state index contributed by atoms with van der Waals surface area (Å²) in [6, 6.07) is 10.5. The minimum absolute atomic E-state index is 0.0713. The van der Waals surface area contributed by atoms with Crippen molar-refractivity contribution >= 4 is 11.6 Å². The molecule has 0 unspecified atom stereocenters. The van der Waals surface area contributed by atoms with Gasteiger partial charge in [0.05, 0.1) is 12.1 Å². The second kappa shape index (κ2) is 5.25. The molecule has 0 N–H and O–H groups in total. The van der Waals surface area contributed by atoms with E-state index in [-0.39, 0.29) is 11.9 Å². The quantitative estimate of drug-likeness (QED) is 0.866. The molecule has 1 saturated heterocycles. The summed E-state index contributed by atoms with van der Waals surface area (Å²) in [5.41, 5.74) is 2.37. The van der Waals surface area contributed by atoms with Crippen molar-refractivity contribution in [2.75, 3.05) is 24.5 Å². The van der Waals surface area contributed by atoms with Gasteiger partial charge in [-0.05, 0) is 31.0 Å². The van der Waals surface area contributed by atoms with Gasteiger partial charge in [0.15, 0.2) is 0 Å². The van der Waals surface area contributed by atoms with Crippen molar-refractivity contribution in [1.29, 1.82) is 0 Å². The molecule has 0 spiro atoms. The minimum Gasteiger partial charge on any atom is -0.310 e. The number of amides is 1. The van der Waals surface area contributed by atoms with Gasteiger partial charge in [-0.2, -0.15) is 5.10 Å². The second-order valence-electron chi connectivity index (χ2n) is 6.14. The van der Waals surface area contributed by atoms with Gasteiger partial charge in [-0.1, -0.05) is 18.2 Å². The highest BCUT2D eigenvalue weighted by Gasteiger charge is 2.37. The number of rotatable bonds is 3. The van der Waals surface area contributed by atoms with Crippen LogP contribution >= 0.6 is 0 Å². The summed E-state index contributed by atoms with van der Waals surface area (Å²) >= 11 is 0. The number of anilines is 1. The minimum atomic E-state index is -0.0713. The molecule has 3 heterocycles. The number of nitrogens with zero attached hydrogens (tertiary/aromatic N) is 4. The zero-order valence-electron chi connectivity index (χ0n) is 12.7. The number of carbonyl (C=O) groups is 1. The third-order valence-corrected chi connectivity index (χ3v) is 4.85. The highest BCUT2D eigenvalue weighted by Crippen LogP contribution is 2.30. The Morgan fingerprint density at radius 1 is 1.27 bits per heavy atom. The van der Waals surface area contributed by atoms with E-state index in [9.17, 15) is 4.79 Å². The SMILES string of the molecule is C[C@@H](C(=O)N1CCc2ccccc21)N1CC(n2cccn2)C1. The van der Waals surface area contributed by atoms with E-state index in [1.54, 1.807) is 6.20 Å². The molecule has 0 bridgehead atoms. The van der Waals surface area contributed by atoms with E-state index in [1.165, 1.54) is 5.56 Å². The number of carbonyl (C=O) groups excluding carboxylic acids is 1. The molecule has 2 aliphatic rings. The smallest absolute Gasteiger partial charge is 0.244 e. The van der Waals surface area contributed by atoms with E-state index in [0.29, 0.717) is 6.04 Å². The Balaban J connectivity index is 1.42. The van der Waals surface area contributed by atoms with Crippen molar-refractivity contribution in [3.63, 3.8) is 0 Å². The van der Waals surface area contributed by atoms with Gasteiger partial charge >= 0.3 is 0 Å². The molecule has 114 valence electrons. The van der Waals surface area contributed by atoms with Gasteiger partial charge in [-0.25, -0.2) is 0 Å². The van der Waals surface area contributed by atoms with Gasteiger partial charge in [0.25, 0.3) is 0 Å². The molecule has 2 aromatic rings. The third-order valence-electron chi connectivity index (χ3n) is 4.85. The van der Waals surface area contributed by atoms with Crippen LogP contribution in [-0.4, -0.2) is 46.3 Å². The first-order valence-electron chi connectivity index (χ1n) is 7.86. The number of hydrogen-bond acceptors (Lipinski definition) is 3. The maximum Gasteiger partial charge on any atom is 0.244 e. The molecule has 2 aliphatic heterocycles. The van der Waals surface area contributed by atoms with Crippen LogP contribution < -0.4 is 4.90 Å². The van der Waals surface area contributed by atoms with Gasteiger partial charge < -0.3 is 4.90 Å². The number of aromatic nitrogens is 2. The lowest BCUT2D eigenvalue weighted by Gasteiger charge is -2.43. The van der Waals surface area contributed by atoms with Crippen LogP contribution in [0.2, 0.25) is 0 Å². The first kappa shape index (κ1) is 13.5. The molecule has 22 heavy (non-hydrogen) atoms. The fraction of sp³-hybridized carbons (Fsp3) is 0.412. The molecule has 5 heteroatoms. The van der Waals surface area contributed by atoms with E-state index in [4.69, 9.17) is 0 Å². The van der Waals surface area contributed by atoms with Crippen molar-refractivity contribution in [1.82, 2.24) is 14.7 Å². The number of fused-ring (bicyclic) bond motifs is 1. The van der Waals surface area contributed by atoms with Crippen LogP contribution in [0.5, 0.6) is 0 Å². The maximum absolute atomic E-state index is 12.8. The Morgan fingerprint density at radius 2 is 2.09 bits per heavy atom. The average Bonchev–Trinajstić information content (AvgIpc) is 3.14. The van der Waals surface area contributed by atoms with Crippen molar-refractivity contribution < 1.29 is 4.79 Å². The van der Waals surface area contributed by atoms with E-state index in [1.807, 2.05) is 40.9 Å². The molecule has 0 aliphatic carbocycles. The van der Waals surface area contributed by atoms with Crippen molar-refractivity contribution in [3.05, 3.63) is 48.3 Å². The van der Waals surface area contributed by atoms with Crippen molar-refractivity contribution in [2.45, 2.75) is 25.4 Å². The predicted octanol–water partition coefficient (Wildman–Crippen LogP) is 1.72. The molecule has 0 saturated carbocycles. The summed E-state index contributed by atoms with van der Waals surface area (Å²) in [6.45, 7) is 4.61.